The second kappa shape index (κ2) is 9.58. The van der Waals surface area contributed by atoms with Crippen molar-refractivity contribution < 1.29 is 19.1 Å². The van der Waals surface area contributed by atoms with Gasteiger partial charge in [-0.2, -0.15) is 0 Å². The molecule has 0 heterocycles. The van der Waals surface area contributed by atoms with E-state index in [0.717, 1.165) is 0 Å². The smallest absolute Gasteiger partial charge is 0.309 e. The number of allylic oxidation sites excluding steroid dienone is 5. The van der Waals surface area contributed by atoms with Crippen LogP contribution in [-0.4, -0.2) is 25.1 Å². The molecule has 0 aliphatic carbocycles. The van der Waals surface area contributed by atoms with Gasteiger partial charge < -0.3 is 4.74 Å². The van der Waals surface area contributed by atoms with Crippen molar-refractivity contribution in [3.05, 3.63) is 36.0 Å². The molecule has 0 N–H and O–H groups in total. The van der Waals surface area contributed by atoms with Gasteiger partial charge in [0.2, 0.25) is 0 Å². The van der Waals surface area contributed by atoms with Crippen LogP contribution in [0.25, 0.3) is 0 Å². The Morgan fingerprint density at radius 3 is 2.38 bits per heavy atom. The minimum absolute atomic E-state index is 0.0649. The maximum Gasteiger partial charge on any atom is 0.309 e. The molecule has 86 valence electrons. The lowest BCUT2D eigenvalue weighted by Crippen LogP contribution is -2.01. The van der Waals surface area contributed by atoms with Crippen molar-refractivity contribution in [2.45, 2.75) is 13.3 Å². The van der Waals surface area contributed by atoms with Crippen LogP contribution < -0.4 is 0 Å². The topological polar surface area (TPSA) is 60.4 Å². The number of carbonyl (C=O) groups is 3. The highest BCUT2D eigenvalue weighted by Gasteiger charge is 1.94. The molecule has 0 atom stereocenters. The summed E-state index contributed by atoms with van der Waals surface area (Å²) in [4.78, 5) is 31.3. The molecule has 0 spiro atoms. The summed E-state index contributed by atoms with van der Waals surface area (Å²) in [6.45, 7) is 2.11. The van der Waals surface area contributed by atoms with Crippen molar-refractivity contribution >= 4 is 18.5 Å². The van der Waals surface area contributed by atoms with Crippen molar-refractivity contribution in [2.24, 2.45) is 0 Å². The molecule has 0 aromatic heterocycles. The lowest BCUT2D eigenvalue weighted by Gasteiger charge is -1.95. The Kier molecular flexibility index (Phi) is 8.40. The minimum atomic E-state index is -0.288. The van der Waals surface area contributed by atoms with Crippen molar-refractivity contribution in [3.8, 4) is 0 Å². The van der Waals surface area contributed by atoms with E-state index in [9.17, 15) is 14.4 Å². The van der Waals surface area contributed by atoms with E-state index < -0.39 is 0 Å². The molecule has 0 amide bonds. The highest BCUT2D eigenvalue weighted by Crippen LogP contribution is 1.90. The molecule has 0 rings (SSSR count). The first-order valence-corrected chi connectivity index (χ1v) is 4.84. The predicted molar refractivity (Wildman–Crippen MR) is 59.7 cm³/mol. The van der Waals surface area contributed by atoms with Gasteiger partial charge in [-0.05, 0) is 13.0 Å². The van der Waals surface area contributed by atoms with Crippen molar-refractivity contribution in [2.75, 3.05) is 6.61 Å². The summed E-state index contributed by atoms with van der Waals surface area (Å²) in [5, 5.41) is 0. The SMILES string of the molecule is CCOC(=O)C/C=C/C=C/C=C(C=O)C=O. The van der Waals surface area contributed by atoms with Crippen LogP contribution in [-0.2, 0) is 19.1 Å². The van der Waals surface area contributed by atoms with Crippen molar-refractivity contribution in [1.82, 2.24) is 0 Å². The molecule has 4 nitrogen and oxygen atoms in total. The van der Waals surface area contributed by atoms with Gasteiger partial charge in [0.05, 0.1) is 18.6 Å². The van der Waals surface area contributed by atoms with Gasteiger partial charge in [-0.1, -0.05) is 24.3 Å². The van der Waals surface area contributed by atoms with Crippen LogP contribution in [0.15, 0.2) is 36.0 Å². The van der Waals surface area contributed by atoms with Gasteiger partial charge in [0.15, 0.2) is 12.6 Å². The van der Waals surface area contributed by atoms with Crippen molar-refractivity contribution in [3.63, 3.8) is 0 Å². The van der Waals surface area contributed by atoms with Crippen LogP contribution in [0.5, 0.6) is 0 Å². The molecule has 0 aliphatic rings. The van der Waals surface area contributed by atoms with Crippen LogP contribution in [0.4, 0.5) is 0 Å². The first-order valence-electron chi connectivity index (χ1n) is 4.84. The zero-order valence-corrected chi connectivity index (χ0v) is 9.09. The van der Waals surface area contributed by atoms with E-state index in [2.05, 4.69) is 0 Å². The molecule has 0 aliphatic heterocycles. The summed E-state index contributed by atoms with van der Waals surface area (Å²) in [5.74, 6) is -0.288. The average molecular weight is 222 g/mol. The van der Waals surface area contributed by atoms with Crippen LogP contribution >= 0.6 is 0 Å². The standard InChI is InChI=1S/C12H14O4/c1-2-16-12(15)8-6-4-3-5-7-11(9-13)10-14/h3-7,9-10H,2,8H2,1H3/b5-3+,6-4+. The molecule has 4 heteroatoms. The van der Waals surface area contributed by atoms with E-state index in [1.807, 2.05) is 0 Å². The molecular formula is C12H14O4. The van der Waals surface area contributed by atoms with Crippen LogP contribution in [0.3, 0.4) is 0 Å². The minimum Gasteiger partial charge on any atom is -0.466 e. The fourth-order valence-electron chi connectivity index (χ4n) is 0.800. The number of hydrogen-bond acceptors (Lipinski definition) is 4. The molecule has 0 saturated carbocycles. The highest BCUT2D eigenvalue weighted by molar-refractivity contribution is 5.99. The van der Waals surface area contributed by atoms with E-state index in [4.69, 9.17) is 4.74 Å². The summed E-state index contributed by atoms with van der Waals surface area (Å²) in [5.41, 5.74) is 0.0649. The fourth-order valence-corrected chi connectivity index (χ4v) is 0.800. The Bertz CT molecular complexity index is 314. The summed E-state index contributed by atoms with van der Waals surface area (Å²) < 4.78 is 4.70. The monoisotopic (exact) mass is 222 g/mol. The number of aldehydes is 2. The van der Waals surface area contributed by atoms with Crippen molar-refractivity contribution in [1.29, 1.82) is 0 Å². The third-order valence-corrected chi connectivity index (χ3v) is 1.51. The summed E-state index contributed by atoms with van der Waals surface area (Å²) in [6, 6.07) is 0. The Balaban J connectivity index is 3.96. The first kappa shape index (κ1) is 14.0. The van der Waals surface area contributed by atoms with Crippen LogP contribution in [0, 0.1) is 0 Å². The zero-order chi connectivity index (χ0) is 12.2. The molecular weight excluding hydrogens is 208 g/mol. The average Bonchev–Trinajstić information content (AvgIpc) is 2.29. The van der Waals surface area contributed by atoms with Gasteiger partial charge in [-0.15, -0.1) is 0 Å². The Labute approximate surface area is 94.3 Å². The number of hydrogen-bond donors (Lipinski definition) is 0. The lowest BCUT2D eigenvalue weighted by atomic mass is 10.3. The van der Waals surface area contributed by atoms with Crippen LogP contribution in [0.2, 0.25) is 0 Å². The molecule has 0 fully saturated rings. The Morgan fingerprint density at radius 1 is 1.12 bits per heavy atom. The Morgan fingerprint density at radius 2 is 1.81 bits per heavy atom. The van der Waals surface area contributed by atoms with Gasteiger partial charge >= 0.3 is 5.97 Å². The van der Waals surface area contributed by atoms with Gasteiger partial charge in [-0.3, -0.25) is 14.4 Å². The predicted octanol–water partition coefficient (Wildman–Crippen LogP) is 1.38. The van der Waals surface area contributed by atoms with E-state index in [1.165, 1.54) is 6.08 Å². The summed E-state index contributed by atoms with van der Waals surface area (Å²) in [7, 11) is 0. The zero-order valence-electron chi connectivity index (χ0n) is 9.09. The maximum atomic E-state index is 10.9. The molecule has 16 heavy (non-hydrogen) atoms. The van der Waals surface area contributed by atoms with Gasteiger partial charge in [0.1, 0.15) is 0 Å². The van der Waals surface area contributed by atoms with E-state index in [1.54, 1.807) is 31.2 Å². The van der Waals surface area contributed by atoms with Gasteiger partial charge in [-0.25, -0.2) is 0 Å². The van der Waals surface area contributed by atoms with Crippen LogP contribution in [0.1, 0.15) is 13.3 Å². The quantitative estimate of drug-likeness (QED) is 0.163. The molecule has 0 bridgehead atoms. The third-order valence-electron chi connectivity index (χ3n) is 1.51. The fraction of sp³-hybridized carbons (Fsp3) is 0.250. The second-order valence-electron chi connectivity index (χ2n) is 2.72. The molecule has 0 saturated heterocycles. The number of rotatable bonds is 7. The number of esters is 1. The van der Waals surface area contributed by atoms with Gasteiger partial charge in [0, 0.05) is 0 Å². The number of carbonyl (C=O) groups excluding carboxylic acids is 3. The molecule has 0 aromatic carbocycles. The summed E-state index contributed by atoms with van der Waals surface area (Å²) in [6.07, 6.45) is 8.96. The maximum absolute atomic E-state index is 10.9. The van der Waals surface area contributed by atoms with Gasteiger partial charge in [0.25, 0.3) is 0 Å². The first-order chi connectivity index (χ1) is 7.74. The van der Waals surface area contributed by atoms with E-state index in [0.29, 0.717) is 19.2 Å². The molecule has 0 unspecified atom stereocenters. The third kappa shape index (κ3) is 7.44. The molecule has 0 radical (unpaired) electrons. The number of ether oxygens (including phenoxy) is 1. The second-order valence-corrected chi connectivity index (χ2v) is 2.72. The van der Waals surface area contributed by atoms with E-state index in [-0.39, 0.29) is 18.0 Å². The highest BCUT2D eigenvalue weighted by atomic mass is 16.5. The Hall–Kier alpha value is -1.97. The summed E-state index contributed by atoms with van der Waals surface area (Å²) >= 11 is 0. The normalized spacial score (nSPS) is 10.3. The lowest BCUT2D eigenvalue weighted by molar-refractivity contribution is -0.142. The molecule has 0 aromatic rings. The largest absolute Gasteiger partial charge is 0.466 e. The van der Waals surface area contributed by atoms with E-state index >= 15 is 0 Å².